The van der Waals surface area contributed by atoms with Crippen molar-refractivity contribution in [2.24, 2.45) is 11.3 Å². The van der Waals surface area contributed by atoms with Crippen molar-refractivity contribution in [3.05, 3.63) is 0 Å². The first-order valence-electron chi connectivity index (χ1n) is 4.53. The van der Waals surface area contributed by atoms with E-state index in [-0.39, 0.29) is 11.3 Å². The fourth-order valence-electron chi connectivity index (χ4n) is 1.06. The van der Waals surface area contributed by atoms with E-state index in [9.17, 15) is 4.79 Å². The molecule has 0 heterocycles. The van der Waals surface area contributed by atoms with Crippen LogP contribution in [-0.4, -0.2) is 11.1 Å². The molecule has 0 bridgehead atoms. The Balaban J connectivity index is 3.99. The quantitative estimate of drug-likeness (QED) is 0.678. The number of hydrogen-bond donors (Lipinski definition) is 1. The summed E-state index contributed by atoms with van der Waals surface area (Å²) in [6.07, 6.45) is 7.00. The van der Waals surface area contributed by atoms with Crippen LogP contribution in [0.1, 0.15) is 40.0 Å². The average molecular weight is 182 g/mol. The maximum Gasteiger partial charge on any atom is 0.307 e. The van der Waals surface area contributed by atoms with Crippen LogP contribution in [0.25, 0.3) is 0 Å². The summed E-state index contributed by atoms with van der Waals surface area (Å²) in [4.78, 5) is 10.7. The molecular formula is C11H18O2. The van der Waals surface area contributed by atoms with E-state index in [0.29, 0.717) is 12.8 Å². The van der Waals surface area contributed by atoms with E-state index in [1.807, 2.05) is 0 Å². The minimum Gasteiger partial charge on any atom is -0.481 e. The first-order valence-corrected chi connectivity index (χ1v) is 4.53. The summed E-state index contributed by atoms with van der Waals surface area (Å²) < 4.78 is 0. The fourth-order valence-corrected chi connectivity index (χ4v) is 1.06. The molecule has 0 rings (SSSR count). The van der Waals surface area contributed by atoms with E-state index in [0.717, 1.165) is 6.42 Å². The van der Waals surface area contributed by atoms with Crippen molar-refractivity contribution in [3.63, 3.8) is 0 Å². The lowest BCUT2D eigenvalue weighted by molar-refractivity contribution is -0.141. The predicted octanol–water partition coefficient (Wildman–Crippen LogP) is 2.54. The second-order valence-electron chi connectivity index (χ2n) is 4.54. The summed E-state index contributed by atoms with van der Waals surface area (Å²) in [5.74, 6) is 1.26. The molecule has 1 N–H and O–H groups in total. The van der Waals surface area contributed by atoms with Crippen LogP contribution in [0.2, 0.25) is 0 Å². The van der Waals surface area contributed by atoms with E-state index >= 15 is 0 Å². The van der Waals surface area contributed by atoms with E-state index in [1.54, 1.807) is 0 Å². The second-order valence-corrected chi connectivity index (χ2v) is 4.54. The number of carbonyl (C=O) groups is 1. The molecule has 0 spiro atoms. The number of rotatable bonds is 4. The standard InChI is InChI=1S/C11H18O2/c1-5-6-9(10(12)13)7-8-11(2,3)4/h1,9H,6-8H2,2-4H3,(H,12,13). The largest absolute Gasteiger partial charge is 0.481 e. The predicted molar refractivity (Wildman–Crippen MR) is 53.3 cm³/mol. The topological polar surface area (TPSA) is 37.3 Å². The van der Waals surface area contributed by atoms with Crippen LogP contribution in [0, 0.1) is 23.7 Å². The molecular weight excluding hydrogens is 164 g/mol. The molecule has 13 heavy (non-hydrogen) atoms. The average Bonchev–Trinajstić information content (AvgIpc) is 1.95. The third-order valence-electron chi connectivity index (χ3n) is 1.96. The molecule has 0 radical (unpaired) electrons. The molecule has 2 heteroatoms. The molecule has 0 saturated heterocycles. The van der Waals surface area contributed by atoms with Crippen molar-refractivity contribution in [3.8, 4) is 12.3 Å². The molecule has 2 nitrogen and oxygen atoms in total. The van der Waals surface area contributed by atoms with Gasteiger partial charge >= 0.3 is 5.97 Å². The number of terminal acetylenes is 1. The molecule has 1 atom stereocenters. The van der Waals surface area contributed by atoms with Crippen LogP contribution in [-0.2, 0) is 4.79 Å². The second kappa shape index (κ2) is 4.91. The third kappa shape index (κ3) is 6.21. The summed E-state index contributed by atoms with van der Waals surface area (Å²) in [5.41, 5.74) is 0.183. The number of hydrogen-bond acceptors (Lipinski definition) is 1. The Hall–Kier alpha value is -0.970. The van der Waals surface area contributed by atoms with Crippen LogP contribution in [0.5, 0.6) is 0 Å². The molecule has 0 fully saturated rings. The van der Waals surface area contributed by atoms with Crippen LogP contribution in [0.15, 0.2) is 0 Å². The van der Waals surface area contributed by atoms with Crippen LogP contribution in [0.3, 0.4) is 0 Å². The highest BCUT2D eigenvalue weighted by Gasteiger charge is 2.19. The summed E-state index contributed by atoms with van der Waals surface area (Å²) in [6, 6.07) is 0. The zero-order valence-electron chi connectivity index (χ0n) is 8.63. The lowest BCUT2D eigenvalue weighted by Crippen LogP contribution is -2.16. The van der Waals surface area contributed by atoms with Crippen molar-refractivity contribution < 1.29 is 9.90 Å². The van der Waals surface area contributed by atoms with Gasteiger partial charge < -0.3 is 5.11 Å². The highest BCUT2D eigenvalue weighted by atomic mass is 16.4. The summed E-state index contributed by atoms with van der Waals surface area (Å²) in [6.45, 7) is 6.30. The van der Waals surface area contributed by atoms with Gasteiger partial charge in [-0.15, -0.1) is 12.3 Å². The Labute approximate surface area is 80.3 Å². The highest BCUT2D eigenvalue weighted by Crippen LogP contribution is 2.24. The summed E-state index contributed by atoms with van der Waals surface area (Å²) in [5, 5.41) is 8.81. The molecule has 0 amide bonds. The Morgan fingerprint density at radius 3 is 2.38 bits per heavy atom. The maximum absolute atomic E-state index is 10.7. The molecule has 74 valence electrons. The van der Waals surface area contributed by atoms with E-state index in [4.69, 9.17) is 11.5 Å². The molecule has 0 saturated carbocycles. The third-order valence-corrected chi connectivity index (χ3v) is 1.96. The molecule has 0 aromatic carbocycles. The monoisotopic (exact) mass is 182 g/mol. The van der Waals surface area contributed by atoms with Gasteiger partial charge in [-0.05, 0) is 18.3 Å². The Bertz CT molecular complexity index is 205. The number of carboxylic acids is 1. The van der Waals surface area contributed by atoms with Gasteiger partial charge in [-0.2, -0.15) is 0 Å². The fraction of sp³-hybridized carbons (Fsp3) is 0.727. The van der Waals surface area contributed by atoms with Gasteiger partial charge in [0, 0.05) is 6.42 Å². The lowest BCUT2D eigenvalue weighted by atomic mass is 9.86. The van der Waals surface area contributed by atoms with Crippen molar-refractivity contribution in [2.75, 3.05) is 0 Å². The number of carboxylic acid groups (broad SMARTS) is 1. The lowest BCUT2D eigenvalue weighted by Gasteiger charge is -2.19. The first kappa shape index (κ1) is 12.0. The van der Waals surface area contributed by atoms with Crippen molar-refractivity contribution in [1.29, 1.82) is 0 Å². The smallest absolute Gasteiger partial charge is 0.307 e. The minimum atomic E-state index is -0.776. The van der Waals surface area contributed by atoms with Gasteiger partial charge in [0.1, 0.15) is 0 Å². The van der Waals surface area contributed by atoms with Crippen molar-refractivity contribution in [1.82, 2.24) is 0 Å². The van der Waals surface area contributed by atoms with Gasteiger partial charge in [-0.25, -0.2) is 0 Å². The number of aliphatic carboxylic acids is 1. The molecule has 0 aromatic rings. The molecule has 1 unspecified atom stereocenters. The summed E-state index contributed by atoms with van der Waals surface area (Å²) in [7, 11) is 0. The van der Waals surface area contributed by atoms with E-state index in [1.165, 1.54) is 0 Å². The molecule has 0 aliphatic heterocycles. The Morgan fingerprint density at radius 2 is 2.08 bits per heavy atom. The van der Waals surface area contributed by atoms with Gasteiger partial charge in [-0.1, -0.05) is 20.8 Å². The van der Waals surface area contributed by atoms with E-state index < -0.39 is 5.97 Å². The summed E-state index contributed by atoms with van der Waals surface area (Å²) >= 11 is 0. The first-order chi connectivity index (χ1) is 5.87. The van der Waals surface area contributed by atoms with Gasteiger partial charge in [0.15, 0.2) is 0 Å². The van der Waals surface area contributed by atoms with Gasteiger partial charge in [0.2, 0.25) is 0 Å². The highest BCUT2D eigenvalue weighted by molar-refractivity contribution is 5.70. The molecule has 0 aliphatic rings. The Kier molecular flexibility index (Phi) is 4.55. The van der Waals surface area contributed by atoms with Crippen molar-refractivity contribution in [2.45, 2.75) is 40.0 Å². The van der Waals surface area contributed by atoms with Crippen LogP contribution in [0.4, 0.5) is 0 Å². The zero-order valence-corrected chi connectivity index (χ0v) is 8.63. The molecule has 0 aromatic heterocycles. The minimum absolute atomic E-state index is 0.183. The maximum atomic E-state index is 10.7. The SMILES string of the molecule is C#CCC(CCC(C)(C)C)C(=O)O. The van der Waals surface area contributed by atoms with Crippen LogP contribution >= 0.6 is 0 Å². The molecule has 0 aliphatic carbocycles. The van der Waals surface area contributed by atoms with Gasteiger partial charge in [-0.3, -0.25) is 4.79 Å². The normalized spacial score (nSPS) is 13.4. The van der Waals surface area contributed by atoms with Gasteiger partial charge in [0.05, 0.1) is 5.92 Å². The Morgan fingerprint density at radius 1 is 1.54 bits per heavy atom. The van der Waals surface area contributed by atoms with Gasteiger partial charge in [0.25, 0.3) is 0 Å². The van der Waals surface area contributed by atoms with Crippen LogP contribution < -0.4 is 0 Å². The zero-order chi connectivity index (χ0) is 10.5. The van der Waals surface area contributed by atoms with E-state index in [2.05, 4.69) is 26.7 Å². The van der Waals surface area contributed by atoms with Crippen molar-refractivity contribution >= 4 is 5.97 Å².